The number of rotatable bonds is 80. The third kappa shape index (κ3) is 76.1. The van der Waals surface area contributed by atoms with Crippen LogP contribution in [0.2, 0.25) is 0 Å². The van der Waals surface area contributed by atoms with E-state index in [1.54, 1.807) is 0 Å². The fraction of sp³-hybridized carbons (Fsp3) is 0.951. The Morgan fingerprint density at radius 3 is 0.673 bits per heavy atom. The second kappa shape index (κ2) is 72.3. The molecule has 0 aromatic rings. The Morgan fingerprint density at radius 1 is 0.267 bits per heavy atom. The molecule has 600 valence electrons. The number of phosphoric ester groups is 2. The predicted octanol–water partition coefficient (Wildman–Crippen LogP) is 24.5. The van der Waals surface area contributed by atoms with Crippen molar-refractivity contribution in [3.05, 3.63) is 0 Å². The van der Waals surface area contributed by atoms with Crippen LogP contribution >= 0.6 is 15.6 Å². The topological polar surface area (TPSA) is 237 Å². The molecular formula is C82H160O17P2. The van der Waals surface area contributed by atoms with Crippen molar-refractivity contribution in [2.75, 3.05) is 39.6 Å². The maximum atomic E-state index is 13.1. The van der Waals surface area contributed by atoms with E-state index < -0.39 is 97.5 Å². The summed E-state index contributed by atoms with van der Waals surface area (Å²) in [4.78, 5) is 73.1. The molecule has 0 bridgehead atoms. The Balaban J connectivity index is 5.23. The summed E-state index contributed by atoms with van der Waals surface area (Å²) in [5.41, 5.74) is 0. The Morgan fingerprint density at radius 2 is 0.455 bits per heavy atom. The van der Waals surface area contributed by atoms with Gasteiger partial charge < -0.3 is 33.8 Å². The van der Waals surface area contributed by atoms with E-state index >= 15 is 0 Å². The van der Waals surface area contributed by atoms with Gasteiger partial charge in [0, 0.05) is 25.7 Å². The number of carbonyl (C=O) groups is 4. The van der Waals surface area contributed by atoms with E-state index in [0.29, 0.717) is 25.7 Å². The number of ether oxygens (including phenoxy) is 4. The van der Waals surface area contributed by atoms with Gasteiger partial charge in [-0.3, -0.25) is 37.3 Å². The van der Waals surface area contributed by atoms with Crippen LogP contribution in [0.5, 0.6) is 0 Å². The summed E-state index contributed by atoms with van der Waals surface area (Å²) < 4.78 is 68.7. The molecule has 17 nitrogen and oxygen atoms in total. The summed E-state index contributed by atoms with van der Waals surface area (Å²) in [6.07, 6.45) is 61.1. The summed E-state index contributed by atoms with van der Waals surface area (Å²) in [7, 11) is -9.92. The summed E-state index contributed by atoms with van der Waals surface area (Å²) in [6, 6.07) is 0. The molecule has 0 amide bonds. The van der Waals surface area contributed by atoms with Gasteiger partial charge >= 0.3 is 39.5 Å². The first-order valence-electron chi connectivity index (χ1n) is 42.3. The van der Waals surface area contributed by atoms with E-state index in [1.807, 2.05) is 0 Å². The molecular weight excluding hydrogens is 1320 g/mol. The minimum Gasteiger partial charge on any atom is -0.462 e. The van der Waals surface area contributed by atoms with Gasteiger partial charge in [-0.1, -0.05) is 376 Å². The van der Waals surface area contributed by atoms with Gasteiger partial charge in [-0.25, -0.2) is 9.13 Å². The standard InChI is InChI=1S/C82H160O17P2/c1-8-9-10-11-12-13-14-15-16-22-25-28-35-42-49-56-63-79(84)92-69-77(98-81(86)65-58-51-44-36-29-26-23-20-18-17-19-21-24-27-32-39-46-53-60-73(2)3)71-96-100(88,89)94-67-76(83)68-95-101(90,91)97-72-78(99-82(87)66-59-52-45-38-31-34-41-48-55-62-75(6)7)70-93-80(85)64-57-50-43-37-30-33-40-47-54-61-74(4)5/h73-78,83H,8-72H2,1-7H3,(H,88,89)(H,90,91)/t76-,77-,78-/m1/s1. The smallest absolute Gasteiger partial charge is 0.462 e. The predicted molar refractivity (Wildman–Crippen MR) is 414 cm³/mol. The monoisotopic (exact) mass is 1480 g/mol. The molecule has 0 saturated heterocycles. The molecule has 2 unspecified atom stereocenters. The van der Waals surface area contributed by atoms with Gasteiger partial charge in [0.15, 0.2) is 12.2 Å². The molecule has 0 aromatic heterocycles. The lowest BCUT2D eigenvalue weighted by molar-refractivity contribution is -0.161. The highest BCUT2D eigenvalue weighted by Gasteiger charge is 2.30. The molecule has 101 heavy (non-hydrogen) atoms. The molecule has 0 aliphatic rings. The van der Waals surface area contributed by atoms with Crippen molar-refractivity contribution in [3.63, 3.8) is 0 Å². The Bertz CT molecular complexity index is 1960. The van der Waals surface area contributed by atoms with Crippen molar-refractivity contribution in [1.29, 1.82) is 0 Å². The highest BCUT2D eigenvalue weighted by molar-refractivity contribution is 7.47. The molecule has 0 rings (SSSR count). The maximum Gasteiger partial charge on any atom is 0.472 e. The highest BCUT2D eigenvalue weighted by Crippen LogP contribution is 2.45. The molecule has 0 saturated carbocycles. The van der Waals surface area contributed by atoms with Gasteiger partial charge in [-0.05, 0) is 43.4 Å². The first kappa shape index (κ1) is 99.1. The quantitative estimate of drug-likeness (QED) is 0.0222. The summed E-state index contributed by atoms with van der Waals surface area (Å²) in [6.45, 7) is 11.9. The van der Waals surface area contributed by atoms with Crippen LogP contribution in [0, 0.1) is 17.8 Å². The van der Waals surface area contributed by atoms with Gasteiger partial charge in [0.25, 0.3) is 0 Å². The zero-order valence-electron chi connectivity index (χ0n) is 66.4. The van der Waals surface area contributed by atoms with Gasteiger partial charge in [-0.2, -0.15) is 0 Å². The summed E-state index contributed by atoms with van der Waals surface area (Å²) >= 11 is 0. The van der Waals surface area contributed by atoms with E-state index in [0.717, 1.165) is 108 Å². The number of aliphatic hydroxyl groups excluding tert-OH is 1. The van der Waals surface area contributed by atoms with Crippen LogP contribution in [-0.4, -0.2) is 96.7 Å². The van der Waals surface area contributed by atoms with Crippen LogP contribution < -0.4 is 0 Å². The third-order valence-electron chi connectivity index (χ3n) is 19.1. The number of esters is 4. The molecule has 0 heterocycles. The first-order valence-corrected chi connectivity index (χ1v) is 45.3. The number of unbranched alkanes of at least 4 members (excludes halogenated alkanes) is 48. The van der Waals surface area contributed by atoms with Crippen LogP contribution in [0.25, 0.3) is 0 Å². The molecule has 5 atom stereocenters. The fourth-order valence-corrected chi connectivity index (χ4v) is 14.2. The van der Waals surface area contributed by atoms with E-state index in [1.165, 1.54) is 238 Å². The molecule has 3 N–H and O–H groups in total. The number of carbonyl (C=O) groups excluding carboxylic acids is 4. The van der Waals surface area contributed by atoms with Gasteiger partial charge in [0.05, 0.1) is 26.4 Å². The van der Waals surface area contributed by atoms with Crippen LogP contribution in [0.1, 0.15) is 427 Å². The summed E-state index contributed by atoms with van der Waals surface area (Å²) in [5.74, 6) is 0.190. The number of phosphoric acid groups is 2. The average Bonchev–Trinajstić information content (AvgIpc) is 0.958. The zero-order valence-corrected chi connectivity index (χ0v) is 68.2. The lowest BCUT2D eigenvalue weighted by Gasteiger charge is -2.21. The second-order valence-corrected chi connectivity index (χ2v) is 33.8. The second-order valence-electron chi connectivity index (χ2n) is 30.9. The molecule has 0 aliphatic heterocycles. The van der Waals surface area contributed by atoms with Crippen LogP contribution in [0.3, 0.4) is 0 Å². The van der Waals surface area contributed by atoms with E-state index in [4.69, 9.17) is 37.0 Å². The van der Waals surface area contributed by atoms with E-state index in [2.05, 4.69) is 48.5 Å². The molecule has 0 aliphatic carbocycles. The van der Waals surface area contributed by atoms with Gasteiger partial charge in [0.2, 0.25) is 0 Å². The van der Waals surface area contributed by atoms with Crippen molar-refractivity contribution in [2.45, 2.75) is 446 Å². The number of hydrogen-bond donors (Lipinski definition) is 3. The van der Waals surface area contributed by atoms with Crippen molar-refractivity contribution < 1.29 is 80.2 Å². The van der Waals surface area contributed by atoms with Crippen molar-refractivity contribution in [3.8, 4) is 0 Å². The molecule has 0 fully saturated rings. The van der Waals surface area contributed by atoms with Crippen molar-refractivity contribution in [1.82, 2.24) is 0 Å². The van der Waals surface area contributed by atoms with Gasteiger partial charge in [0.1, 0.15) is 19.3 Å². The van der Waals surface area contributed by atoms with Crippen molar-refractivity contribution >= 4 is 39.5 Å². The summed E-state index contributed by atoms with van der Waals surface area (Å²) in [5, 5.41) is 10.6. The largest absolute Gasteiger partial charge is 0.472 e. The fourth-order valence-electron chi connectivity index (χ4n) is 12.7. The van der Waals surface area contributed by atoms with Crippen LogP contribution in [0.15, 0.2) is 0 Å². The third-order valence-corrected chi connectivity index (χ3v) is 21.0. The van der Waals surface area contributed by atoms with Gasteiger partial charge in [-0.15, -0.1) is 0 Å². The SMILES string of the molecule is CCCCCCCCCCCCCCCCCCC(=O)OC[C@H](COP(=O)(O)OC[C@@H](O)COP(=O)(O)OC[C@@H](COC(=O)CCCCCCCCCCCC(C)C)OC(=O)CCCCCCCCCCCC(C)C)OC(=O)CCCCCCCCCCCCCCCCCCCCC(C)C. The molecule has 0 radical (unpaired) electrons. The number of aliphatic hydroxyl groups is 1. The molecule has 0 aromatic carbocycles. The molecule has 19 heteroatoms. The lowest BCUT2D eigenvalue weighted by Crippen LogP contribution is -2.30. The lowest BCUT2D eigenvalue weighted by atomic mass is 10.0. The normalized spacial score (nSPS) is 14.0. The average molecular weight is 1480 g/mol. The first-order chi connectivity index (χ1) is 48.7. The molecule has 0 spiro atoms. The highest BCUT2D eigenvalue weighted by atomic mass is 31.2. The number of hydrogen-bond acceptors (Lipinski definition) is 15. The van der Waals surface area contributed by atoms with E-state index in [9.17, 15) is 43.2 Å². The van der Waals surface area contributed by atoms with E-state index in [-0.39, 0.29) is 25.7 Å². The van der Waals surface area contributed by atoms with Crippen molar-refractivity contribution in [2.24, 2.45) is 17.8 Å². The Hall–Kier alpha value is -1.94. The minimum absolute atomic E-state index is 0.105. The zero-order chi connectivity index (χ0) is 74.4. The Labute approximate surface area is 619 Å². The maximum absolute atomic E-state index is 13.1. The van der Waals surface area contributed by atoms with Crippen LogP contribution in [-0.2, 0) is 65.4 Å². The van der Waals surface area contributed by atoms with Crippen LogP contribution in [0.4, 0.5) is 0 Å². The minimum atomic E-state index is -4.96. The Kier molecular flexibility index (Phi) is 70.9.